The van der Waals surface area contributed by atoms with Crippen LogP contribution in [-0.2, 0) is 0 Å². The lowest BCUT2D eigenvalue weighted by Crippen LogP contribution is -2.16. The van der Waals surface area contributed by atoms with Crippen LogP contribution in [0, 0.1) is 11.8 Å². The molecule has 0 aliphatic rings. The van der Waals surface area contributed by atoms with E-state index in [4.69, 9.17) is 0 Å². The maximum atomic E-state index is 12.0. The van der Waals surface area contributed by atoms with E-state index in [1.165, 1.54) is 17.1 Å². The fraction of sp³-hybridized carbons (Fsp3) is 0.0667. The number of hydrogen-bond donors (Lipinski definition) is 1. The van der Waals surface area contributed by atoms with Crippen LogP contribution in [0.1, 0.15) is 5.56 Å². The Hall–Kier alpha value is -2.20. The summed E-state index contributed by atoms with van der Waals surface area (Å²) in [4.78, 5) is 12.9. The van der Waals surface area contributed by atoms with Crippen molar-refractivity contribution in [2.24, 2.45) is 0 Å². The Bertz CT molecular complexity index is 742. The molecule has 19 heavy (non-hydrogen) atoms. The number of hydrogen-bond acceptors (Lipinski definition) is 2. The fourth-order valence-corrected chi connectivity index (χ4v) is 2.84. The van der Waals surface area contributed by atoms with Crippen molar-refractivity contribution in [2.45, 2.75) is 6.92 Å². The Kier molecular flexibility index (Phi) is 3.01. The second-order valence-corrected chi connectivity index (χ2v) is 5.19. The van der Waals surface area contributed by atoms with Crippen molar-refractivity contribution in [1.82, 2.24) is 4.49 Å². The summed E-state index contributed by atoms with van der Waals surface area (Å²) >= 11 is 1.36. The SMILES string of the molecule is Cc1ccc(-c2s[nH][n+](=O)c2-c2ccccc2)cc1. The van der Waals surface area contributed by atoms with Gasteiger partial charge in [-0.05, 0) is 19.1 Å². The molecule has 0 unspecified atom stereocenters. The molecule has 4 heteroatoms. The molecule has 1 heterocycles. The molecule has 0 fully saturated rings. The molecule has 3 nitrogen and oxygen atoms in total. The molecule has 0 amide bonds. The minimum Gasteiger partial charge on any atom is -0.0645 e. The van der Waals surface area contributed by atoms with E-state index in [0.717, 1.165) is 20.5 Å². The zero-order valence-corrected chi connectivity index (χ0v) is 11.3. The summed E-state index contributed by atoms with van der Waals surface area (Å²) < 4.78 is 3.58. The third-order valence-corrected chi connectivity index (χ3v) is 3.90. The molecule has 0 spiro atoms. The van der Waals surface area contributed by atoms with Gasteiger partial charge in [-0.25, -0.2) is 0 Å². The lowest BCUT2D eigenvalue weighted by Gasteiger charge is -1.97. The number of H-pyrrole nitrogens is 1. The second-order valence-electron chi connectivity index (χ2n) is 4.40. The van der Waals surface area contributed by atoms with Gasteiger partial charge in [-0.2, -0.15) is 0 Å². The fourth-order valence-electron chi connectivity index (χ4n) is 2.02. The molecule has 0 bridgehead atoms. The van der Waals surface area contributed by atoms with Crippen LogP contribution in [0.4, 0.5) is 0 Å². The van der Waals surface area contributed by atoms with E-state index in [0.29, 0.717) is 5.69 Å². The Morgan fingerprint density at radius 2 is 1.63 bits per heavy atom. The van der Waals surface area contributed by atoms with Gasteiger partial charge in [-0.1, -0.05) is 52.5 Å². The van der Waals surface area contributed by atoms with Gasteiger partial charge < -0.3 is 0 Å². The van der Waals surface area contributed by atoms with Crippen molar-refractivity contribution in [2.75, 3.05) is 0 Å². The quantitative estimate of drug-likeness (QED) is 0.709. The number of aromatic nitrogens is 2. The van der Waals surface area contributed by atoms with Crippen LogP contribution in [0.15, 0.2) is 54.6 Å². The molecular weight excluding hydrogens is 256 g/mol. The molecule has 1 N–H and O–H groups in total. The summed E-state index contributed by atoms with van der Waals surface area (Å²) in [5.74, 6) is 0. The largest absolute Gasteiger partial charge is 0.319 e. The van der Waals surface area contributed by atoms with Crippen LogP contribution >= 0.6 is 11.5 Å². The van der Waals surface area contributed by atoms with Gasteiger partial charge in [0.05, 0.1) is 10.5 Å². The first kappa shape index (κ1) is 11.9. The van der Waals surface area contributed by atoms with Crippen molar-refractivity contribution in [3.05, 3.63) is 65.1 Å². The number of rotatable bonds is 2. The summed E-state index contributed by atoms with van der Waals surface area (Å²) in [5, 5.41) is 0. The molecule has 94 valence electrons. The maximum Gasteiger partial charge on any atom is 0.319 e. The van der Waals surface area contributed by atoms with Gasteiger partial charge in [0, 0.05) is 17.1 Å². The van der Waals surface area contributed by atoms with Gasteiger partial charge in [0.1, 0.15) is 4.88 Å². The third kappa shape index (κ3) is 2.22. The Morgan fingerprint density at radius 3 is 2.32 bits per heavy atom. The number of benzene rings is 2. The second kappa shape index (κ2) is 4.82. The van der Waals surface area contributed by atoms with E-state index in [1.54, 1.807) is 0 Å². The molecule has 1 aromatic heterocycles. The summed E-state index contributed by atoms with van der Waals surface area (Å²) in [7, 11) is 0. The van der Waals surface area contributed by atoms with E-state index >= 15 is 0 Å². The molecule has 2 aromatic carbocycles. The lowest BCUT2D eigenvalue weighted by atomic mass is 10.1. The van der Waals surface area contributed by atoms with E-state index in [1.807, 2.05) is 42.5 Å². The normalized spacial score (nSPS) is 10.6. The standard InChI is InChI=1S/C15H13N2OS/c1-11-7-9-13(10-8-11)15-14(17(18)16-19-15)12-5-3-2-4-6-12/h2-10H,1H3,(H,16,18)/q+1. The van der Waals surface area contributed by atoms with Crippen LogP contribution in [0.3, 0.4) is 0 Å². The van der Waals surface area contributed by atoms with Gasteiger partial charge in [0.15, 0.2) is 4.54 Å². The zero-order valence-electron chi connectivity index (χ0n) is 10.5. The monoisotopic (exact) mass is 269 g/mol. The summed E-state index contributed by atoms with van der Waals surface area (Å²) in [5.41, 5.74) is 3.86. The van der Waals surface area contributed by atoms with Gasteiger partial charge in [0.2, 0.25) is 0 Å². The molecule has 0 saturated carbocycles. The lowest BCUT2D eigenvalue weighted by molar-refractivity contribution is -0.542. The number of nitrogens with zero attached hydrogens (tertiary/aromatic N) is 1. The number of aryl methyl sites for hydroxylation is 1. The Balaban J connectivity index is 2.19. The smallest absolute Gasteiger partial charge is 0.0645 e. The molecule has 0 aliphatic heterocycles. The Morgan fingerprint density at radius 1 is 0.947 bits per heavy atom. The van der Waals surface area contributed by atoms with Crippen LogP contribution in [0.2, 0.25) is 0 Å². The molecular formula is C15H13N2OS+. The van der Waals surface area contributed by atoms with Gasteiger partial charge in [0.25, 0.3) is 0 Å². The average molecular weight is 269 g/mol. The maximum absolute atomic E-state index is 12.0. The van der Waals surface area contributed by atoms with E-state index in [2.05, 4.69) is 23.5 Å². The summed E-state index contributed by atoms with van der Waals surface area (Å²) in [6.45, 7) is 2.05. The topological polar surface area (TPSA) is 38.8 Å². The van der Waals surface area contributed by atoms with E-state index in [9.17, 15) is 4.91 Å². The highest BCUT2D eigenvalue weighted by molar-refractivity contribution is 7.09. The average Bonchev–Trinajstić information content (AvgIpc) is 2.82. The first-order chi connectivity index (χ1) is 9.25. The van der Waals surface area contributed by atoms with Crippen LogP contribution < -0.4 is 4.54 Å². The van der Waals surface area contributed by atoms with Crippen LogP contribution in [-0.4, -0.2) is 4.49 Å². The number of nitrogens with one attached hydrogen (secondary N) is 1. The van der Waals surface area contributed by atoms with Crippen molar-refractivity contribution >= 4 is 11.5 Å². The molecule has 0 saturated heterocycles. The van der Waals surface area contributed by atoms with E-state index < -0.39 is 0 Å². The van der Waals surface area contributed by atoms with Gasteiger partial charge in [-0.3, -0.25) is 0 Å². The summed E-state index contributed by atoms with van der Waals surface area (Å²) in [6, 6.07) is 17.9. The molecule has 3 aromatic rings. The minimum absolute atomic E-state index is 0.675. The summed E-state index contributed by atoms with van der Waals surface area (Å²) in [6.07, 6.45) is 0. The molecule has 0 aliphatic carbocycles. The minimum atomic E-state index is 0.675. The third-order valence-electron chi connectivity index (χ3n) is 3.01. The van der Waals surface area contributed by atoms with Crippen molar-refractivity contribution < 1.29 is 4.54 Å². The predicted molar refractivity (Wildman–Crippen MR) is 77.6 cm³/mol. The van der Waals surface area contributed by atoms with Crippen molar-refractivity contribution in [1.29, 1.82) is 0 Å². The highest BCUT2D eigenvalue weighted by Crippen LogP contribution is 2.31. The van der Waals surface area contributed by atoms with Crippen LogP contribution in [0.25, 0.3) is 21.7 Å². The van der Waals surface area contributed by atoms with Gasteiger partial charge >= 0.3 is 5.69 Å². The first-order valence-electron chi connectivity index (χ1n) is 6.02. The van der Waals surface area contributed by atoms with E-state index in [-0.39, 0.29) is 0 Å². The van der Waals surface area contributed by atoms with Crippen molar-refractivity contribution in [3.8, 4) is 21.7 Å². The van der Waals surface area contributed by atoms with Gasteiger partial charge in [-0.15, -0.1) is 0 Å². The first-order valence-corrected chi connectivity index (χ1v) is 6.84. The molecule has 3 rings (SSSR count). The Labute approximate surface area is 114 Å². The molecule has 0 atom stereocenters. The van der Waals surface area contributed by atoms with Crippen LogP contribution in [0.5, 0.6) is 0 Å². The van der Waals surface area contributed by atoms with Crippen molar-refractivity contribution in [3.63, 3.8) is 0 Å². The highest BCUT2D eigenvalue weighted by atomic mass is 32.1. The predicted octanol–water partition coefficient (Wildman–Crippen LogP) is 3.63. The zero-order chi connectivity index (χ0) is 13.2. The highest BCUT2D eigenvalue weighted by Gasteiger charge is 2.22. The molecule has 0 radical (unpaired) electrons. The number of aromatic amines is 1.